The first-order valence-electron chi connectivity index (χ1n) is 10.7. The van der Waals surface area contributed by atoms with Crippen LogP contribution in [0.1, 0.15) is 25.7 Å². The lowest BCUT2D eigenvalue weighted by molar-refractivity contribution is -0.149. The molecule has 1 spiro atoms. The molecular formula is C22H22N6O5. The number of ether oxygens (including phenoxy) is 1. The molecule has 0 unspecified atom stereocenters. The Morgan fingerprint density at radius 3 is 2.73 bits per heavy atom. The molecule has 5 rings (SSSR count). The zero-order chi connectivity index (χ0) is 23.2. The van der Waals surface area contributed by atoms with Gasteiger partial charge in [0, 0.05) is 7.05 Å². The van der Waals surface area contributed by atoms with Crippen molar-refractivity contribution >= 4 is 40.2 Å². The second-order valence-electron chi connectivity index (χ2n) is 8.28. The number of para-hydroxylation sites is 2. The van der Waals surface area contributed by atoms with Crippen molar-refractivity contribution in [1.29, 1.82) is 0 Å². The van der Waals surface area contributed by atoms with Gasteiger partial charge in [0.15, 0.2) is 12.3 Å². The van der Waals surface area contributed by atoms with Gasteiger partial charge in [-0.05, 0) is 25.0 Å². The highest BCUT2D eigenvalue weighted by Crippen LogP contribution is 2.45. The van der Waals surface area contributed by atoms with Gasteiger partial charge in [0.05, 0.1) is 17.6 Å². The second-order valence-corrected chi connectivity index (χ2v) is 8.28. The fraction of sp³-hybridized carbons (Fsp3) is 0.364. The Bertz CT molecular complexity index is 1340. The van der Waals surface area contributed by atoms with E-state index in [-0.39, 0.29) is 11.3 Å². The summed E-state index contributed by atoms with van der Waals surface area (Å²) in [7, 11) is 1.66. The summed E-state index contributed by atoms with van der Waals surface area (Å²) in [6.45, 7) is -0.939. The maximum Gasteiger partial charge on any atom is 0.326 e. The number of nitrogens with zero attached hydrogens (tertiary/aromatic N) is 5. The van der Waals surface area contributed by atoms with E-state index < -0.39 is 36.1 Å². The van der Waals surface area contributed by atoms with E-state index in [9.17, 15) is 19.2 Å². The number of carbonyl (C=O) groups excluding carboxylic acids is 3. The van der Waals surface area contributed by atoms with Crippen LogP contribution in [0.15, 0.2) is 41.6 Å². The van der Waals surface area contributed by atoms with Gasteiger partial charge in [-0.3, -0.25) is 33.3 Å². The zero-order valence-electron chi connectivity index (χ0n) is 18.0. The molecule has 1 N–H and O–H groups in total. The molecule has 0 radical (unpaired) electrons. The van der Waals surface area contributed by atoms with Gasteiger partial charge in [-0.1, -0.05) is 25.0 Å². The maximum atomic E-state index is 13.2. The van der Waals surface area contributed by atoms with Crippen LogP contribution >= 0.6 is 0 Å². The minimum absolute atomic E-state index is 0.222. The van der Waals surface area contributed by atoms with Crippen LogP contribution in [0.3, 0.4) is 0 Å². The largest absolute Gasteiger partial charge is 0.454 e. The lowest BCUT2D eigenvalue weighted by atomic mass is 9.90. The lowest BCUT2D eigenvalue weighted by Gasteiger charge is -2.44. The summed E-state index contributed by atoms with van der Waals surface area (Å²) >= 11 is 0. The van der Waals surface area contributed by atoms with Crippen LogP contribution in [0.25, 0.3) is 11.0 Å². The van der Waals surface area contributed by atoms with Crippen molar-refractivity contribution in [3.05, 3.63) is 47.1 Å². The van der Waals surface area contributed by atoms with E-state index in [0.717, 1.165) is 17.4 Å². The van der Waals surface area contributed by atoms with E-state index >= 15 is 0 Å². The summed E-state index contributed by atoms with van der Waals surface area (Å²) < 4.78 is 7.79. The van der Waals surface area contributed by atoms with Gasteiger partial charge in [0.2, 0.25) is 0 Å². The fourth-order valence-corrected chi connectivity index (χ4v) is 4.70. The van der Waals surface area contributed by atoms with Gasteiger partial charge in [0.25, 0.3) is 17.4 Å². The molecule has 0 bridgehead atoms. The van der Waals surface area contributed by atoms with Crippen molar-refractivity contribution in [2.45, 2.75) is 37.8 Å². The fourth-order valence-electron chi connectivity index (χ4n) is 4.70. The van der Waals surface area contributed by atoms with E-state index in [4.69, 9.17) is 4.74 Å². The van der Waals surface area contributed by atoms with Crippen LogP contribution in [0, 0.1) is 0 Å². The Labute approximate surface area is 187 Å². The molecule has 11 heteroatoms. The number of hydrogen-bond donors (Lipinski definition) is 1. The van der Waals surface area contributed by atoms with Crippen molar-refractivity contribution in [3.63, 3.8) is 0 Å². The zero-order valence-corrected chi connectivity index (χ0v) is 18.0. The quantitative estimate of drug-likeness (QED) is 0.587. The molecule has 1 aliphatic heterocycles. The highest BCUT2D eigenvalue weighted by atomic mass is 16.5. The summed E-state index contributed by atoms with van der Waals surface area (Å²) in [6.07, 6.45) is 5.36. The molecule has 3 aromatic rings. The molecule has 1 aromatic carbocycles. The molecule has 2 aliphatic rings. The Morgan fingerprint density at radius 1 is 1.18 bits per heavy atom. The summed E-state index contributed by atoms with van der Waals surface area (Å²) in [5.74, 6) is -1.47. The van der Waals surface area contributed by atoms with Crippen LogP contribution in [0.4, 0.5) is 11.4 Å². The van der Waals surface area contributed by atoms with Crippen LogP contribution in [-0.4, -0.2) is 49.3 Å². The SMILES string of the molecule is Cn1ncc2c(=O)n(CC(=O)OCC(=O)N3c4ccccc4NC(=O)C34CCCC4)cnc21. The molecule has 0 saturated heterocycles. The molecule has 1 fully saturated rings. The number of carbonyl (C=O) groups is 3. The van der Waals surface area contributed by atoms with Crippen molar-refractivity contribution in [1.82, 2.24) is 19.3 Å². The third-order valence-electron chi connectivity index (χ3n) is 6.30. The van der Waals surface area contributed by atoms with Crippen molar-refractivity contribution in [2.24, 2.45) is 7.05 Å². The maximum absolute atomic E-state index is 13.2. The summed E-state index contributed by atoms with van der Waals surface area (Å²) in [6, 6.07) is 7.07. The number of anilines is 2. The molecule has 2 aromatic heterocycles. The van der Waals surface area contributed by atoms with Crippen molar-refractivity contribution < 1.29 is 19.1 Å². The lowest BCUT2D eigenvalue weighted by Crippen LogP contribution is -2.61. The standard InChI is InChI=1S/C22H22N6O5/c1-26-19-14(10-24-26)20(31)27(13-23-19)11-18(30)33-12-17(29)28-16-7-3-2-6-15(16)25-21(32)22(28)8-4-5-9-22/h2-3,6-7,10,13H,4-5,8-9,11-12H2,1H3,(H,25,32). The predicted octanol–water partition coefficient (Wildman–Crippen LogP) is 0.971. The Kier molecular flexibility index (Phi) is 4.95. The molecule has 1 aliphatic carbocycles. The first kappa shape index (κ1) is 20.9. The van der Waals surface area contributed by atoms with E-state index in [2.05, 4.69) is 15.4 Å². The molecule has 1 saturated carbocycles. The monoisotopic (exact) mass is 450 g/mol. The van der Waals surface area contributed by atoms with Gasteiger partial charge in [-0.2, -0.15) is 5.10 Å². The summed E-state index contributed by atoms with van der Waals surface area (Å²) in [5.41, 5.74) is 0.126. The van der Waals surface area contributed by atoms with E-state index in [1.807, 2.05) is 0 Å². The van der Waals surface area contributed by atoms with E-state index in [0.29, 0.717) is 29.9 Å². The number of aryl methyl sites for hydroxylation is 1. The number of aromatic nitrogens is 4. The normalized spacial score (nSPS) is 16.6. The predicted molar refractivity (Wildman–Crippen MR) is 117 cm³/mol. The van der Waals surface area contributed by atoms with E-state index in [1.54, 1.807) is 31.3 Å². The van der Waals surface area contributed by atoms with Crippen LogP contribution in [0.5, 0.6) is 0 Å². The van der Waals surface area contributed by atoms with Crippen LogP contribution in [0.2, 0.25) is 0 Å². The summed E-state index contributed by atoms with van der Waals surface area (Å²) in [5, 5.41) is 7.18. The topological polar surface area (TPSA) is 128 Å². The molecular weight excluding hydrogens is 428 g/mol. The third-order valence-corrected chi connectivity index (χ3v) is 6.30. The second kappa shape index (κ2) is 7.84. The highest BCUT2D eigenvalue weighted by Gasteiger charge is 2.52. The van der Waals surface area contributed by atoms with Gasteiger partial charge >= 0.3 is 5.97 Å². The minimum atomic E-state index is -0.982. The number of esters is 1. The Morgan fingerprint density at radius 2 is 1.94 bits per heavy atom. The average Bonchev–Trinajstić information content (AvgIpc) is 3.43. The van der Waals surface area contributed by atoms with E-state index in [1.165, 1.54) is 22.1 Å². The number of nitrogens with one attached hydrogen (secondary N) is 1. The van der Waals surface area contributed by atoms with Gasteiger partial charge in [0.1, 0.15) is 23.8 Å². The average molecular weight is 450 g/mol. The Balaban J connectivity index is 1.34. The van der Waals surface area contributed by atoms with Gasteiger partial charge in [-0.25, -0.2) is 4.98 Å². The van der Waals surface area contributed by atoms with Gasteiger partial charge < -0.3 is 10.1 Å². The number of hydrogen-bond acceptors (Lipinski definition) is 7. The smallest absolute Gasteiger partial charge is 0.326 e. The first-order valence-corrected chi connectivity index (χ1v) is 10.7. The van der Waals surface area contributed by atoms with Crippen LogP contribution < -0.4 is 15.8 Å². The number of benzene rings is 1. The molecule has 0 atom stereocenters. The van der Waals surface area contributed by atoms with Crippen LogP contribution in [-0.2, 0) is 32.7 Å². The van der Waals surface area contributed by atoms with Crippen molar-refractivity contribution in [2.75, 3.05) is 16.8 Å². The molecule has 170 valence electrons. The Hall–Kier alpha value is -4.02. The number of amides is 2. The third kappa shape index (κ3) is 3.36. The highest BCUT2D eigenvalue weighted by molar-refractivity contribution is 6.15. The first-order chi connectivity index (χ1) is 15.9. The number of rotatable bonds is 4. The molecule has 2 amide bonds. The van der Waals surface area contributed by atoms with Crippen molar-refractivity contribution in [3.8, 4) is 0 Å². The molecule has 33 heavy (non-hydrogen) atoms. The van der Waals surface area contributed by atoms with Gasteiger partial charge in [-0.15, -0.1) is 0 Å². The molecule has 11 nitrogen and oxygen atoms in total. The molecule has 3 heterocycles. The summed E-state index contributed by atoms with van der Waals surface area (Å²) in [4.78, 5) is 56.8. The minimum Gasteiger partial charge on any atom is -0.454 e. The number of fused-ring (bicyclic) bond motifs is 2.